The molecule has 1 aromatic heterocycles. The summed E-state index contributed by atoms with van der Waals surface area (Å²) in [5, 5.41) is 11.1. The summed E-state index contributed by atoms with van der Waals surface area (Å²) >= 11 is 0. The minimum atomic E-state index is -4.07. The van der Waals surface area contributed by atoms with E-state index in [9.17, 15) is 18.0 Å². The van der Waals surface area contributed by atoms with Gasteiger partial charge in [0.1, 0.15) is 11.4 Å². The van der Waals surface area contributed by atoms with Gasteiger partial charge in [-0.25, -0.2) is 27.7 Å². The topological polar surface area (TPSA) is 125 Å². The number of carboxylic acid groups (broad SMARTS) is 1. The molecule has 0 saturated carbocycles. The molecule has 0 spiro atoms. The van der Waals surface area contributed by atoms with Crippen LogP contribution in [0.1, 0.15) is 15.9 Å². The molecule has 1 heterocycles. The number of hydrogen-bond donors (Lipinski definition) is 3. The van der Waals surface area contributed by atoms with Crippen LogP contribution in [0.2, 0.25) is 0 Å². The predicted molar refractivity (Wildman–Crippen MR) is 81.7 cm³/mol. The van der Waals surface area contributed by atoms with E-state index < -0.39 is 22.0 Å². The van der Waals surface area contributed by atoms with Crippen LogP contribution in [0.3, 0.4) is 0 Å². The van der Waals surface area contributed by atoms with Gasteiger partial charge in [0.05, 0.1) is 4.90 Å². The fraction of sp³-hybridized carbons (Fsp3) is 0.0714. The van der Waals surface area contributed by atoms with Crippen molar-refractivity contribution in [1.82, 2.24) is 9.71 Å². The SMILES string of the molecule is Cc1ccc(S(=O)(=O)NC(=O)Nc2ncccc2C(=O)O)cc1. The Hall–Kier alpha value is -2.94. The van der Waals surface area contributed by atoms with Gasteiger partial charge in [-0.3, -0.25) is 5.32 Å². The van der Waals surface area contributed by atoms with Crippen LogP contribution in [0.4, 0.5) is 10.6 Å². The lowest BCUT2D eigenvalue weighted by Crippen LogP contribution is -2.35. The number of aromatic carboxylic acids is 1. The van der Waals surface area contributed by atoms with Crippen LogP contribution in [-0.4, -0.2) is 30.5 Å². The first kappa shape index (κ1) is 16.4. The monoisotopic (exact) mass is 335 g/mol. The number of sulfonamides is 1. The van der Waals surface area contributed by atoms with Gasteiger partial charge in [-0.15, -0.1) is 0 Å². The standard InChI is InChI=1S/C14H13N3O5S/c1-9-4-6-10(7-5-9)23(21,22)17-14(20)16-12-11(13(18)19)3-2-8-15-12/h2-8H,1H3,(H,18,19)(H2,15,16,17,20). The van der Waals surface area contributed by atoms with Crippen LogP contribution >= 0.6 is 0 Å². The zero-order valence-electron chi connectivity index (χ0n) is 12.0. The van der Waals surface area contributed by atoms with E-state index in [-0.39, 0.29) is 16.3 Å². The number of benzene rings is 1. The Morgan fingerprint density at radius 3 is 2.39 bits per heavy atom. The highest BCUT2D eigenvalue weighted by Gasteiger charge is 2.19. The zero-order chi connectivity index (χ0) is 17.0. The molecule has 0 radical (unpaired) electrons. The number of carboxylic acids is 1. The maximum Gasteiger partial charge on any atom is 0.339 e. The van der Waals surface area contributed by atoms with Crippen LogP contribution in [0.25, 0.3) is 0 Å². The predicted octanol–water partition coefficient (Wildman–Crippen LogP) is 1.60. The van der Waals surface area contributed by atoms with E-state index in [1.165, 1.54) is 30.5 Å². The van der Waals surface area contributed by atoms with Gasteiger partial charge in [-0.05, 0) is 31.2 Å². The Morgan fingerprint density at radius 2 is 1.78 bits per heavy atom. The van der Waals surface area contributed by atoms with Gasteiger partial charge in [-0.1, -0.05) is 17.7 Å². The average Bonchev–Trinajstić information content (AvgIpc) is 2.47. The highest BCUT2D eigenvalue weighted by atomic mass is 32.2. The summed E-state index contributed by atoms with van der Waals surface area (Å²) in [6, 6.07) is 7.41. The van der Waals surface area contributed by atoms with Gasteiger partial charge in [0.15, 0.2) is 0 Å². The number of rotatable bonds is 4. The number of amides is 2. The van der Waals surface area contributed by atoms with E-state index in [0.29, 0.717) is 0 Å². The van der Waals surface area contributed by atoms with Crippen molar-refractivity contribution in [2.75, 3.05) is 5.32 Å². The summed E-state index contributed by atoms with van der Waals surface area (Å²) in [6.07, 6.45) is 1.27. The number of aromatic nitrogens is 1. The van der Waals surface area contributed by atoms with E-state index in [2.05, 4.69) is 10.3 Å². The Bertz CT molecular complexity index is 847. The number of aryl methyl sites for hydroxylation is 1. The molecule has 2 aromatic rings. The number of hydrogen-bond acceptors (Lipinski definition) is 5. The highest BCUT2D eigenvalue weighted by Crippen LogP contribution is 2.13. The molecule has 0 aliphatic rings. The molecule has 23 heavy (non-hydrogen) atoms. The lowest BCUT2D eigenvalue weighted by Gasteiger charge is -2.09. The Balaban J connectivity index is 2.16. The van der Waals surface area contributed by atoms with Crippen molar-refractivity contribution in [3.63, 3.8) is 0 Å². The fourth-order valence-electron chi connectivity index (χ4n) is 1.71. The molecular weight excluding hydrogens is 322 g/mol. The van der Waals surface area contributed by atoms with Crippen molar-refractivity contribution in [2.45, 2.75) is 11.8 Å². The second kappa shape index (κ2) is 6.44. The molecule has 0 bridgehead atoms. The van der Waals surface area contributed by atoms with Crippen LogP contribution in [-0.2, 0) is 10.0 Å². The van der Waals surface area contributed by atoms with Crippen molar-refractivity contribution < 1.29 is 23.1 Å². The number of pyridine rings is 1. The fourth-order valence-corrected chi connectivity index (χ4v) is 2.62. The van der Waals surface area contributed by atoms with Gasteiger partial charge < -0.3 is 5.11 Å². The molecule has 3 N–H and O–H groups in total. The lowest BCUT2D eigenvalue weighted by atomic mass is 10.2. The molecule has 0 atom stereocenters. The lowest BCUT2D eigenvalue weighted by molar-refractivity contribution is 0.0697. The van der Waals surface area contributed by atoms with Crippen LogP contribution in [0.5, 0.6) is 0 Å². The van der Waals surface area contributed by atoms with Gasteiger partial charge in [-0.2, -0.15) is 0 Å². The second-order valence-corrected chi connectivity index (χ2v) is 6.26. The first-order chi connectivity index (χ1) is 10.8. The number of nitrogens with zero attached hydrogens (tertiary/aromatic N) is 1. The van der Waals surface area contributed by atoms with Crippen molar-refractivity contribution >= 4 is 27.8 Å². The molecule has 0 fully saturated rings. The van der Waals surface area contributed by atoms with Crippen molar-refractivity contribution in [2.24, 2.45) is 0 Å². The molecule has 8 nitrogen and oxygen atoms in total. The maximum atomic E-state index is 12.1. The average molecular weight is 335 g/mol. The molecule has 120 valence electrons. The van der Waals surface area contributed by atoms with E-state index in [0.717, 1.165) is 5.56 Å². The third-order valence-electron chi connectivity index (χ3n) is 2.83. The summed E-state index contributed by atoms with van der Waals surface area (Å²) in [5.74, 6) is -1.55. The van der Waals surface area contributed by atoms with E-state index in [4.69, 9.17) is 5.11 Å². The zero-order valence-corrected chi connectivity index (χ0v) is 12.8. The van der Waals surface area contributed by atoms with Crippen LogP contribution in [0, 0.1) is 6.92 Å². The Labute approximate surface area is 132 Å². The number of carbonyl (C=O) groups excluding carboxylic acids is 1. The third kappa shape index (κ3) is 4.04. The first-order valence-corrected chi connectivity index (χ1v) is 7.87. The second-order valence-electron chi connectivity index (χ2n) is 4.58. The Kier molecular flexibility index (Phi) is 4.60. The smallest absolute Gasteiger partial charge is 0.339 e. The van der Waals surface area contributed by atoms with E-state index >= 15 is 0 Å². The molecule has 0 saturated heterocycles. The minimum Gasteiger partial charge on any atom is -0.478 e. The minimum absolute atomic E-state index is 0.0854. The molecule has 9 heteroatoms. The van der Waals surface area contributed by atoms with Gasteiger partial charge >= 0.3 is 12.0 Å². The summed E-state index contributed by atoms with van der Waals surface area (Å²) in [7, 11) is -4.07. The summed E-state index contributed by atoms with van der Waals surface area (Å²) < 4.78 is 25.9. The maximum absolute atomic E-state index is 12.1. The molecule has 0 aliphatic heterocycles. The number of anilines is 1. The molecule has 2 rings (SSSR count). The van der Waals surface area contributed by atoms with Crippen LogP contribution < -0.4 is 10.0 Å². The molecule has 2 amide bonds. The third-order valence-corrected chi connectivity index (χ3v) is 4.18. The number of carbonyl (C=O) groups is 2. The number of nitrogens with one attached hydrogen (secondary N) is 2. The molecule has 0 unspecified atom stereocenters. The van der Waals surface area contributed by atoms with Gasteiger partial charge in [0.2, 0.25) is 0 Å². The quantitative estimate of drug-likeness (QED) is 0.779. The largest absolute Gasteiger partial charge is 0.478 e. The Morgan fingerprint density at radius 1 is 1.13 bits per heavy atom. The molecule has 0 aliphatic carbocycles. The summed E-state index contributed by atoms with van der Waals surface area (Å²) in [6.45, 7) is 1.80. The highest BCUT2D eigenvalue weighted by molar-refractivity contribution is 7.90. The van der Waals surface area contributed by atoms with Gasteiger partial charge in [0.25, 0.3) is 10.0 Å². The summed E-state index contributed by atoms with van der Waals surface area (Å²) in [4.78, 5) is 26.4. The normalized spacial score (nSPS) is 10.8. The van der Waals surface area contributed by atoms with Crippen molar-refractivity contribution in [3.8, 4) is 0 Å². The first-order valence-electron chi connectivity index (χ1n) is 6.38. The summed E-state index contributed by atoms with van der Waals surface area (Å²) in [5.41, 5.74) is 0.614. The van der Waals surface area contributed by atoms with E-state index in [1.807, 2.05) is 0 Å². The number of urea groups is 1. The van der Waals surface area contributed by atoms with Gasteiger partial charge in [0, 0.05) is 6.20 Å². The van der Waals surface area contributed by atoms with Crippen molar-refractivity contribution in [3.05, 3.63) is 53.7 Å². The molecular formula is C14H13N3O5S. The van der Waals surface area contributed by atoms with Crippen LogP contribution in [0.15, 0.2) is 47.5 Å². The van der Waals surface area contributed by atoms with E-state index in [1.54, 1.807) is 23.8 Å². The van der Waals surface area contributed by atoms with Crippen molar-refractivity contribution in [1.29, 1.82) is 0 Å². The molecule has 1 aromatic carbocycles.